The van der Waals surface area contributed by atoms with E-state index in [1.807, 2.05) is 6.92 Å². The van der Waals surface area contributed by atoms with E-state index in [2.05, 4.69) is 0 Å². The molecule has 0 fully saturated rings. The van der Waals surface area contributed by atoms with Crippen molar-refractivity contribution in [2.24, 2.45) is 0 Å². The minimum Gasteiger partial charge on any atom is -0.396 e. The Labute approximate surface area is 99.5 Å². The summed E-state index contributed by atoms with van der Waals surface area (Å²) >= 11 is 12.0. The van der Waals surface area contributed by atoms with Gasteiger partial charge in [-0.3, -0.25) is 0 Å². The third kappa shape index (κ3) is 2.85. The van der Waals surface area contributed by atoms with Gasteiger partial charge in [-0.2, -0.15) is 0 Å². The van der Waals surface area contributed by atoms with Crippen molar-refractivity contribution in [2.45, 2.75) is 25.4 Å². The van der Waals surface area contributed by atoms with E-state index in [-0.39, 0.29) is 6.61 Å². The van der Waals surface area contributed by atoms with Gasteiger partial charge in [0.05, 0.1) is 12.7 Å². The first-order valence-corrected chi connectivity index (χ1v) is 5.60. The van der Waals surface area contributed by atoms with Crippen LogP contribution in [0.5, 0.6) is 0 Å². The molecule has 0 aliphatic rings. The first-order chi connectivity index (χ1) is 7.11. The number of hydrogen-bond acceptors (Lipinski definition) is 2. The molecular weight excluding hydrogens is 235 g/mol. The predicted octanol–water partition coefficient (Wildman–Crippen LogP) is 2.84. The van der Waals surface area contributed by atoms with Gasteiger partial charge in [-0.1, -0.05) is 36.2 Å². The van der Waals surface area contributed by atoms with Crippen LogP contribution in [0.15, 0.2) is 18.2 Å². The Kier molecular flexibility index (Phi) is 4.87. The van der Waals surface area contributed by atoms with Crippen LogP contribution in [-0.4, -0.2) is 22.9 Å². The smallest absolute Gasteiger partial charge is 0.0629 e. The van der Waals surface area contributed by atoms with Gasteiger partial charge in [0.1, 0.15) is 0 Å². The Hall–Kier alpha value is -0.280. The van der Waals surface area contributed by atoms with E-state index >= 15 is 0 Å². The van der Waals surface area contributed by atoms with E-state index in [1.165, 1.54) is 0 Å². The molecular formula is C11H14Cl2O2. The Bertz CT molecular complexity index is 308. The molecule has 84 valence electrons. The summed E-state index contributed by atoms with van der Waals surface area (Å²) in [7, 11) is 0. The monoisotopic (exact) mass is 248 g/mol. The molecule has 1 aromatic rings. The standard InChI is InChI=1S/C11H14Cl2O2/c1-2-10(15)7(6-14)11-8(12)4-3-5-9(11)13/h3-5,7,10,14-15H,2,6H2,1H3. The van der Waals surface area contributed by atoms with E-state index in [1.54, 1.807) is 18.2 Å². The van der Waals surface area contributed by atoms with Crippen LogP contribution in [0.4, 0.5) is 0 Å². The van der Waals surface area contributed by atoms with E-state index in [4.69, 9.17) is 23.2 Å². The van der Waals surface area contributed by atoms with E-state index in [0.29, 0.717) is 22.0 Å². The molecule has 1 rings (SSSR count). The molecule has 2 unspecified atom stereocenters. The quantitative estimate of drug-likeness (QED) is 0.861. The minimum absolute atomic E-state index is 0.168. The summed E-state index contributed by atoms with van der Waals surface area (Å²) < 4.78 is 0. The maximum Gasteiger partial charge on any atom is 0.0629 e. The first-order valence-electron chi connectivity index (χ1n) is 4.84. The van der Waals surface area contributed by atoms with Gasteiger partial charge in [-0.15, -0.1) is 0 Å². The van der Waals surface area contributed by atoms with Crippen molar-refractivity contribution in [3.8, 4) is 0 Å². The second kappa shape index (κ2) is 5.71. The molecule has 0 saturated carbocycles. The van der Waals surface area contributed by atoms with Crippen LogP contribution in [0.3, 0.4) is 0 Å². The van der Waals surface area contributed by atoms with Crippen LogP contribution < -0.4 is 0 Å². The molecule has 0 aliphatic heterocycles. The maximum atomic E-state index is 9.74. The molecule has 0 aliphatic carbocycles. The number of benzene rings is 1. The van der Waals surface area contributed by atoms with Crippen molar-refractivity contribution in [1.82, 2.24) is 0 Å². The summed E-state index contributed by atoms with van der Waals surface area (Å²) in [5.74, 6) is -0.420. The van der Waals surface area contributed by atoms with Gasteiger partial charge in [0.15, 0.2) is 0 Å². The van der Waals surface area contributed by atoms with Crippen LogP contribution in [0.25, 0.3) is 0 Å². The third-order valence-electron chi connectivity index (χ3n) is 2.45. The topological polar surface area (TPSA) is 40.5 Å². The van der Waals surface area contributed by atoms with Crippen LogP contribution in [0.2, 0.25) is 10.0 Å². The lowest BCUT2D eigenvalue weighted by molar-refractivity contribution is 0.103. The summed E-state index contributed by atoms with van der Waals surface area (Å²) in [6, 6.07) is 5.14. The Morgan fingerprint density at radius 3 is 2.20 bits per heavy atom. The lowest BCUT2D eigenvalue weighted by Gasteiger charge is -2.22. The largest absolute Gasteiger partial charge is 0.396 e. The van der Waals surface area contributed by atoms with Crippen molar-refractivity contribution in [3.05, 3.63) is 33.8 Å². The van der Waals surface area contributed by atoms with Crippen molar-refractivity contribution in [2.75, 3.05) is 6.61 Å². The fraction of sp³-hybridized carbons (Fsp3) is 0.455. The van der Waals surface area contributed by atoms with E-state index < -0.39 is 12.0 Å². The predicted molar refractivity (Wildman–Crippen MR) is 62.6 cm³/mol. The molecule has 4 heteroatoms. The molecule has 2 N–H and O–H groups in total. The van der Waals surface area contributed by atoms with Crippen molar-refractivity contribution in [3.63, 3.8) is 0 Å². The summed E-state index contributed by atoms with van der Waals surface area (Å²) in [6.07, 6.45) is -0.0836. The molecule has 2 nitrogen and oxygen atoms in total. The second-order valence-corrected chi connectivity index (χ2v) is 4.21. The lowest BCUT2D eigenvalue weighted by atomic mass is 9.92. The lowest BCUT2D eigenvalue weighted by Crippen LogP contribution is -2.21. The fourth-order valence-corrected chi connectivity index (χ4v) is 2.23. The van der Waals surface area contributed by atoms with Gasteiger partial charge < -0.3 is 10.2 Å². The molecule has 0 saturated heterocycles. The molecule has 0 radical (unpaired) electrons. The van der Waals surface area contributed by atoms with Gasteiger partial charge in [0.25, 0.3) is 0 Å². The van der Waals surface area contributed by atoms with Crippen LogP contribution in [0, 0.1) is 0 Å². The fourth-order valence-electron chi connectivity index (χ4n) is 1.55. The van der Waals surface area contributed by atoms with Gasteiger partial charge >= 0.3 is 0 Å². The summed E-state index contributed by atoms with van der Waals surface area (Å²) in [6.45, 7) is 1.68. The summed E-state index contributed by atoms with van der Waals surface area (Å²) in [4.78, 5) is 0. The zero-order chi connectivity index (χ0) is 11.4. The van der Waals surface area contributed by atoms with Gasteiger partial charge in [-0.25, -0.2) is 0 Å². The van der Waals surface area contributed by atoms with Crippen molar-refractivity contribution < 1.29 is 10.2 Å². The molecule has 0 spiro atoms. The average molecular weight is 249 g/mol. The Balaban J connectivity index is 3.11. The van der Waals surface area contributed by atoms with Gasteiger partial charge in [-0.05, 0) is 24.1 Å². The summed E-state index contributed by atoms with van der Waals surface area (Å²) in [5.41, 5.74) is 0.623. The molecule has 0 aromatic heterocycles. The van der Waals surface area contributed by atoms with Crippen molar-refractivity contribution in [1.29, 1.82) is 0 Å². The molecule has 0 heterocycles. The maximum absolute atomic E-state index is 9.74. The van der Waals surface area contributed by atoms with Gasteiger partial charge in [0, 0.05) is 16.0 Å². The number of halogens is 2. The zero-order valence-corrected chi connectivity index (χ0v) is 9.96. The van der Waals surface area contributed by atoms with E-state index in [9.17, 15) is 10.2 Å². The Morgan fingerprint density at radius 1 is 1.27 bits per heavy atom. The number of aliphatic hydroxyl groups excluding tert-OH is 2. The molecule has 2 atom stereocenters. The molecule has 15 heavy (non-hydrogen) atoms. The highest BCUT2D eigenvalue weighted by Crippen LogP contribution is 2.33. The Morgan fingerprint density at radius 2 is 1.80 bits per heavy atom. The zero-order valence-electron chi connectivity index (χ0n) is 8.45. The SMILES string of the molecule is CCC(O)C(CO)c1c(Cl)cccc1Cl. The van der Waals surface area contributed by atoms with Gasteiger partial charge in [0.2, 0.25) is 0 Å². The minimum atomic E-state index is -0.632. The van der Waals surface area contributed by atoms with Crippen LogP contribution >= 0.6 is 23.2 Å². The normalized spacial score (nSPS) is 15.0. The van der Waals surface area contributed by atoms with Crippen molar-refractivity contribution >= 4 is 23.2 Å². The van der Waals surface area contributed by atoms with Crippen LogP contribution in [-0.2, 0) is 0 Å². The highest BCUT2D eigenvalue weighted by atomic mass is 35.5. The highest BCUT2D eigenvalue weighted by Gasteiger charge is 2.23. The number of hydrogen-bond donors (Lipinski definition) is 2. The average Bonchev–Trinajstić information content (AvgIpc) is 2.22. The number of rotatable bonds is 4. The van der Waals surface area contributed by atoms with Crippen LogP contribution in [0.1, 0.15) is 24.8 Å². The third-order valence-corrected chi connectivity index (χ3v) is 3.11. The number of aliphatic hydroxyl groups is 2. The molecule has 0 bridgehead atoms. The van der Waals surface area contributed by atoms with E-state index in [0.717, 1.165) is 0 Å². The molecule has 0 amide bonds. The second-order valence-electron chi connectivity index (χ2n) is 3.40. The highest BCUT2D eigenvalue weighted by molar-refractivity contribution is 6.36. The summed E-state index contributed by atoms with van der Waals surface area (Å²) in [5, 5.41) is 20.0. The molecule has 1 aromatic carbocycles. The first kappa shape index (κ1) is 12.8.